The summed E-state index contributed by atoms with van der Waals surface area (Å²) in [6.07, 6.45) is 3.82. The average molecular weight is 384 g/mol. The number of nitrogens with one attached hydrogen (secondary N) is 1. The number of carbonyl (C=O) groups is 2. The smallest absolute Gasteiger partial charge is 0.255 e. The molecule has 6 heteroatoms. The van der Waals surface area contributed by atoms with Crippen molar-refractivity contribution in [2.24, 2.45) is 5.73 Å². The Kier molecular flexibility index (Phi) is 6.53. The fourth-order valence-corrected chi connectivity index (χ4v) is 3.98. The third-order valence-corrected chi connectivity index (χ3v) is 5.48. The lowest BCUT2D eigenvalue weighted by Gasteiger charge is -2.23. The molecule has 0 aliphatic carbocycles. The van der Waals surface area contributed by atoms with E-state index in [0.29, 0.717) is 12.1 Å². The van der Waals surface area contributed by atoms with Gasteiger partial charge in [-0.1, -0.05) is 30.3 Å². The van der Waals surface area contributed by atoms with E-state index >= 15 is 0 Å². The minimum absolute atomic E-state index is 0.133. The maximum atomic E-state index is 12.6. The predicted octanol–water partition coefficient (Wildman–Crippen LogP) is 3.25. The minimum atomic E-state index is -0.278. The molecule has 0 spiro atoms. The van der Waals surface area contributed by atoms with E-state index in [2.05, 4.69) is 16.5 Å². The number of benzene rings is 2. The first-order valence-corrected chi connectivity index (χ1v) is 10.5. The minimum Gasteiger partial charge on any atom is -0.368 e. The molecule has 5 nitrogen and oxygen atoms in total. The Bertz CT molecular complexity index is 807. The lowest BCUT2D eigenvalue weighted by Crippen LogP contribution is -2.39. The van der Waals surface area contributed by atoms with Crippen molar-refractivity contribution in [3.8, 4) is 0 Å². The van der Waals surface area contributed by atoms with Crippen molar-refractivity contribution in [2.75, 3.05) is 18.1 Å². The molecule has 27 heavy (non-hydrogen) atoms. The number of nitrogens with two attached hydrogens (primary N) is 1. The zero-order chi connectivity index (χ0) is 19.2. The molecule has 3 N–H and O–H groups in total. The predicted molar refractivity (Wildman–Crippen MR) is 111 cm³/mol. The number of anilines is 1. The largest absolute Gasteiger partial charge is 0.368 e. The van der Waals surface area contributed by atoms with E-state index in [-0.39, 0.29) is 17.9 Å². The number of hydrogen-bond acceptors (Lipinski definition) is 4. The summed E-state index contributed by atoms with van der Waals surface area (Å²) in [5.41, 5.74) is 9.10. The number of hydrogen-bond donors (Lipinski definition) is 2. The molecule has 1 aliphatic rings. The topological polar surface area (TPSA) is 75.4 Å². The van der Waals surface area contributed by atoms with Gasteiger partial charge in [0.1, 0.15) is 0 Å². The molecule has 2 amide bonds. The van der Waals surface area contributed by atoms with E-state index in [9.17, 15) is 9.59 Å². The van der Waals surface area contributed by atoms with Gasteiger partial charge in [-0.3, -0.25) is 14.5 Å². The maximum absolute atomic E-state index is 12.6. The summed E-state index contributed by atoms with van der Waals surface area (Å²) in [5.74, 6) is 0.520. The number of para-hydroxylation sites is 1. The van der Waals surface area contributed by atoms with Gasteiger partial charge in [-0.2, -0.15) is 11.8 Å². The Morgan fingerprint density at radius 2 is 1.93 bits per heavy atom. The van der Waals surface area contributed by atoms with Gasteiger partial charge in [0.2, 0.25) is 5.91 Å². The monoisotopic (exact) mass is 383 g/mol. The molecular weight excluding hydrogens is 358 g/mol. The molecule has 1 fully saturated rings. The van der Waals surface area contributed by atoms with Gasteiger partial charge in [0.05, 0.1) is 6.04 Å². The zero-order valence-electron chi connectivity index (χ0n) is 15.5. The molecule has 3 rings (SSSR count). The SMILES string of the molecule is CSCc1ccc(C(=O)Nc2ccccc2CN2CCCC2C(N)=O)cc1. The second kappa shape index (κ2) is 9.06. The second-order valence-corrected chi connectivity index (χ2v) is 7.64. The van der Waals surface area contributed by atoms with Gasteiger partial charge in [-0.05, 0) is 55.0 Å². The molecule has 142 valence electrons. The van der Waals surface area contributed by atoms with Crippen LogP contribution < -0.4 is 11.1 Å². The molecule has 0 radical (unpaired) electrons. The van der Waals surface area contributed by atoms with Crippen LogP contribution in [0, 0.1) is 0 Å². The first kappa shape index (κ1) is 19.5. The average Bonchev–Trinajstić information content (AvgIpc) is 3.13. The van der Waals surface area contributed by atoms with Crippen LogP contribution in [0.4, 0.5) is 5.69 Å². The number of thioether (sulfide) groups is 1. The van der Waals surface area contributed by atoms with Gasteiger partial charge in [0.15, 0.2) is 0 Å². The van der Waals surface area contributed by atoms with Gasteiger partial charge in [0.25, 0.3) is 5.91 Å². The fraction of sp³-hybridized carbons (Fsp3) is 0.333. The Balaban J connectivity index is 1.72. The van der Waals surface area contributed by atoms with Crippen LogP contribution in [0.15, 0.2) is 48.5 Å². The molecular formula is C21H25N3O2S. The summed E-state index contributed by atoms with van der Waals surface area (Å²) in [6, 6.07) is 15.2. The van der Waals surface area contributed by atoms with E-state index < -0.39 is 0 Å². The van der Waals surface area contributed by atoms with Crippen molar-refractivity contribution in [1.82, 2.24) is 4.90 Å². The molecule has 2 aromatic carbocycles. The molecule has 0 bridgehead atoms. The molecule has 1 aliphatic heterocycles. The summed E-state index contributed by atoms with van der Waals surface area (Å²) >= 11 is 1.75. The summed E-state index contributed by atoms with van der Waals surface area (Å²) in [4.78, 5) is 26.4. The van der Waals surface area contributed by atoms with Gasteiger partial charge >= 0.3 is 0 Å². The normalized spacial score (nSPS) is 17.0. The number of nitrogens with zero attached hydrogens (tertiary/aromatic N) is 1. The lowest BCUT2D eigenvalue weighted by molar-refractivity contribution is -0.122. The van der Waals surface area contributed by atoms with Crippen molar-refractivity contribution in [3.05, 3.63) is 65.2 Å². The van der Waals surface area contributed by atoms with E-state index in [0.717, 1.165) is 36.4 Å². The standard InChI is InChI=1S/C21H25N3O2S/c1-27-14-15-8-10-16(11-9-15)21(26)23-18-6-3-2-5-17(18)13-24-12-4-7-19(24)20(22)25/h2-3,5-6,8-11,19H,4,7,12-14H2,1H3,(H2,22,25)(H,23,26). The van der Waals surface area contributed by atoms with Crippen molar-refractivity contribution in [2.45, 2.75) is 31.2 Å². The Morgan fingerprint density at radius 3 is 2.63 bits per heavy atom. The second-order valence-electron chi connectivity index (χ2n) is 6.77. The van der Waals surface area contributed by atoms with Crippen LogP contribution in [-0.2, 0) is 17.1 Å². The van der Waals surface area contributed by atoms with E-state index in [1.54, 1.807) is 11.8 Å². The summed E-state index contributed by atoms with van der Waals surface area (Å²) in [5, 5.41) is 3.01. The van der Waals surface area contributed by atoms with Crippen LogP contribution >= 0.6 is 11.8 Å². The van der Waals surface area contributed by atoms with Crippen LogP contribution in [0.1, 0.15) is 34.3 Å². The first-order chi connectivity index (χ1) is 13.1. The van der Waals surface area contributed by atoms with Crippen LogP contribution in [0.25, 0.3) is 0 Å². The lowest BCUT2D eigenvalue weighted by atomic mass is 10.1. The number of rotatable bonds is 7. The molecule has 1 atom stereocenters. The number of likely N-dealkylation sites (tertiary alicyclic amines) is 1. The summed E-state index contributed by atoms with van der Waals surface area (Å²) < 4.78 is 0. The third-order valence-electron chi connectivity index (χ3n) is 4.86. The summed E-state index contributed by atoms with van der Waals surface area (Å²) in [6.45, 7) is 1.43. The third kappa shape index (κ3) is 4.90. The van der Waals surface area contributed by atoms with Gasteiger partial charge < -0.3 is 11.1 Å². The maximum Gasteiger partial charge on any atom is 0.255 e. The van der Waals surface area contributed by atoms with Crippen molar-refractivity contribution >= 4 is 29.3 Å². The highest BCUT2D eigenvalue weighted by molar-refractivity contribution is 7.97. The summed E-state index contributed by atoms with van der Waals surface area (Å²) in [7, 11) is 0. The molecule has 0 aromatic heterocycles. The highest BCUT2D eigenvalue weighted by Gasteiger charge is 2.29. The Labute approximate surface area is 164 Å². The molecule has 2 aromatic rings. The quantitative estimate of drug-likeness (QED) is 0.770. The van der Waals surface area contributed by atoms with Gasteiger partial charge in [-0.25, -0.2) is 0 Å². The molecule has 1 unspecified atom stereocenters. The number of amides is 2. The van der Waals surface area contributed by atoms with Crippen LogP contribution in [0.5, 0.6) is 0 Å². The fourth-order valence-electron chi connectivity index (χ4n) is 3.45. The van der Waals surface area contributed by atoms with Crippen molar-refractivity contribution in [3.63, 3.8) is 0 Å². The van der Waals surface area contributed by atoms with Crippen LogP contribution in [0.2, 0.25) is 0 Å². The first-order valence-electron chi connectivity index (χ1n) is 9.09. The Morgan fingerprint density at radius 1 is 1.19 bits per heavy atom. The molecule has 1 saturated heterocycles. The van der Waals surface area contributed by atoms with E-state index in [1.165, 1.54) is 5.56 Å². The van der Waals surface area contributed by atoms with Crippen LogP contribution in [-0.4, -0.2) is 35.6 Å². The van der Waals surface area contributed by atoms with E-state index in [1.807, 2.05) is 48.5 Å². The number of primary amides is 1. The Hall–Kier alpha value is -2.31. The van der Waals surface area contributed by atoms with Gasteiger partial charge in [0, 0.05) is 23.5 Å². The molecule has 1 heterocycles. The van der Waals surface area contributed by atoms with Crippen LogP contribution in [0.3, 0.4) is 0 Å². The zero-order valence-corrected chi connectivity index (χ0v) is 16.3. The van der Waals surface area contributed by atoms with Crippen molar-refractivity contribution in [1.29, 1.82) is 0 Å². The molecule has 0 saturated carbocycles. The van der Waals surface area contributed by atoms with Crippen molar-refractivity contribution < 1.29 is 9.59 Å². The van der Waals surface area contributed by atoms with Gasteiger partial charge in [-0.15, -0.1) is 0 Å². The number of carbonyl (C=O) groups excluding carboxylic acids is 2. The highest BCUT2D eigenvalue weighted by atomic mass is 32.2. The highest BCUT2D eigenvalue weighted by Crippen LogP contribution is 2.24. The van der Waals surface area contributed by atoms with E-state index in [4.69, 9.17) is 5.73 Å².